The van der Waals surface area contributed by atoms with Crippen molar-refractivity contribution in [2.45, 2.75) is 39.8 Å². The van der Waals surface area contributed by atoms with Crippen molar-refractivity contribution in [1.29, 1.82) is 0 Å². The van der Waals surface area contributed by atoms with Crippen LogP contribution in [0.1, 0.15) is 45.8 Å². The number of rotatable bonds is 6. The Morgan fingerprint density at radius 1 is 1.12 bits per heavy atom. The Balaban J connectivity index is 1.25. The molecule has 0 spiro atoms. The average Bonchev–Trinajstić information content (AvgIpc) is 3.49. The van der Waals surface area contributed by atoms with Crippen molar-refractivity contribution in [1.82, 2.24) is 24.8 Å². The number of hydrogen-bond acceptors (Lipinski definition) is 6. The summed E-state index contributed by atoms with van der Waals surface area (Å²) in [6, 6.07) is 10.2. The van der Waals surface area contributed by atoms with Gasteiger partial charge in [-0.3, -0.25) is 4.79 Å². The van der Waals surface area contributed by atoms with E-state index in [9.17, 15) is 4.79 Å². The maximum absolute atomic E-state index is 12.8. The number of carbonyl (C=O) groups is 1. The van der Waals surface area contributed by atoms with Crippen molar-refractivity contribution in [2.24, 2.45) is 0 Å². The van der Waals surface area contributed by atoms with E-state index in [1.807, 2.05) is 42.8 Å². The van der Waals surface area contributed by atoms with Crippen LogP contribution in [0.2, 0.25) is 0 Å². The summed E-state index contributed by atoms with van der Waals surface area (Å²) in [6.07, 6.45) is 7.88. The molecular weight excluding hydrogens is 426 g/mol. The van der Waals surface area contributed by atoms with Gasteiger partial charge in [0.25, 0.3) is 5.91 Å². The molecule has 8 nitrogen and oxygen atoms in total. The zero-order chi connectivity index (χ0) is 23.7. The van der Waals surface area contributed by atoms with Gasteiger partial charge in [0.15, 0.2) is 0 Å². The summed E-state index contributed by atoms with van der Waals surface area (Å²) in [5.74, 6) is 2.14. The van der Waals surface area contributed by atoms with E-state index >= 15 is 0 Å². The quantitative estimate of drug-likeness (QED) is 0.461. The number of carbonyl (C=O) groups excluding carboxylic acids is 1. The molecule has 4 aromatic rings. The zero-order valence-electron chi connectivity index (χ0n) is 19.6. The minimum Gasteiger partial charge on any atom is -0.383 e. The number of nitrogen functional groups attached to an aromatic ring is 1. The zero-order valence-corrected chi connectivity index (χ0v) is 19.6. The first-order chi connectivity index (χ1) is 16.5. The molecule has 0 radical (unpaired) electrons. The second kappa shape index (κ2) is 9.13. The monoisotopic (exact) mass is 455 g/mol. The van der Waals surface area contributed by atoms with Gasteiger partial charge in [0.2, 0.25) is 0 Å². The van der Waals surface area contributed by atoms with Gasteiger partial charge >= 0.3 is 0 Å². The van der Waals surface area contributed by atoms with Gasteiger partial charge in [0, 0.05) is 43.6 Å². The Kier molecular flexibility index (Phi) is 5.88. The molecule has 0 unspecified atom stereocenters. The third kappa shape index (κ3) is 4.44. The van der Waals surface area contributed by atoms with Gasteiger partial charge < -0.3 is 20.5 Å². The maximum atomic E-state index is 12.8. The normalized spacial score (nSPS) is 13.5. The molecule has 4 heterocycles. The predicted molar refractivity (Wildman–Crippen MR) is 134 cm³/mol. The molecule has 0 bridgehead atoms. The molecule has 8 heteroatoms. The standard InChI is InChI=1S/C26H29N7O/c1-17-11-22-20(7-8-28-25(22)27)12-21(17)14-30-26(34)23-16-33(18(2)31-23)15-19-5-6-24(29-13-19)32-9-3-4-10-32/h5-8,11-13,16H,3-4,9-10,14-15H2,1-2H3,(H2,27,28)(H,30,34). The molecule has 5 rings (SSSR count). The van der Waals surface area contributed by atoms with Crippen molar-refractivity contribution in [3.8, 4) is 0 Å². The van der Waals surface area contributed by atoms with Crippen molar-refractivity contribution in [2.75, 3.05) is 23.7 Å². The number of pyridine rings is 2. The van der Waals surface area contributed by atoms with Gasteiger partial charge in [-0.1, -0.05) is 6.07 Å². The van der Waals surface area contributed by atoms with Crippen molar-refractivity contribution in [3.05, 3.63) is 77.1 Å². The summed E-state index contributed by atoms with van der Waals surface area (Å²) in [6.45, 7) is 7.12. The summed E-state index contributed by atoms with van der Waals surface area (Å²) in [5, 5.41) is 4.93. The number of nitrogens with two attached hydrogens (primary N) is 1. The average molecular weight is 456 g/mol. The highest BCUT2D eigenvalue weighted by Crippen LogP contribution is 2.23. The van der Waals surface area contributed by atoms with Crippen molar-refractivity contribution < 1.29 is 4.79 Å². The van der Waals surface area contributed by atoms with E-state index in [0.717, 1.165) is 52.2 Å². The summed E-state index contributed by atoms with van der Waals surface area (Å²) in [7, 11) is 0. The number of nitrogens with one attached hydrogen (secondary N) is 1. The number of imidazole rings is 1. The molecule has 1 fully saturated rings. The van der Waals surface area contributed by atoms with Crippen LogP contribution in [-0.4, -0.2) is 38.5 Å². The van der Waals surface area contributed by atoms with E-state index in [4.69, 9.17) is 5.73 Å². The Labute approximate surface area is 198 Å². The second-order valence-electron chi connectivity index (χ2n) is 8.90. The molecule has 174 valence electrons. The van der Waals surface area contributed by atoms with Gasteiger partial charge in [-0.05, 0) is 73.0 Å². The van der Waals surface area contributed by atoms with Crippen molar-refractivity contribution in [3.63, 3.8) is 0 Å². The summed E-state index contributed by atoms with van der Waals surface area (Å²) >= 11 is 0. The second-order valence-corrected chi connectivity index (χ2v) is 8.90. The van der Waals surface area contributed by atoms with E-state index in [1.165, 1.54) is 12.8 Å². The molecule has 1 aromatic carbocycles. The number of aryl methyl sites for hydroxylation is 2. The Morgan fingerprint density at radius 2 is 1.94 bits per heavy atom. The molecule has 0 aliphatic carbocycles. The summed E-state index contributed by atoms with van der Waals surface area (Å²) in [4.78, 5) is 28.4. The molecule has 3 N–H and O–H groups in total. The fraction of sp³-hybridized carbons (Fsp3) is 0.308. The lowest BCUT2D eigenvalue weighted by molar-refractivity contribution is 0.0946. The van der Waals surface area contributed by atoms with Gasteiger partial charge in [-0.25, -0.2) is 15.0 Å². The van der Waals surface area contributed by atoms with E-state index in [0.29, 0.717) is 24.6 Å². The smallest absolute Gasteiger partial charge is 0.271 e. The number of hydrogen-bond donors (Lipinski definition) is 2. The fourth-order valence-corrected chi connectivity index (χ4v) is 4.47. The van der Waals surface area contributed by atoms with Crippen LogP contribution < -0.4 is 16.0 Å². The number of benzene rings is 1. The van der Waals surface area contributed by atoms with Crippen LogP contribution in [0.4, 0.5) is 11.6 Å². The third-order valence-electron chi connectivity index (χ3n) is 6.49. The third-order valence-corrected chi connectivity index (χ3v) is 6.49. The lowest BCUT2D eigenvalue weighted by atomic mass is 10.0. The van der Waals surface area contributed by atoms with Crippen LogP contribution in [0.5, 0.6) is 0 Å². The summed E-state index contributed by atoms with van der Waals surface area (Å²) in [5.41, 5.74) is 9.56. The topological polar surface area (TPSA) is 102 Å². The molecule has 1 aliphatic heterocycles. The van der Waals surface area contributed by atoms with Crippen LogP contribution in [0.25, 0.3) is 10.8 Å². The van der Waals surface area contributed by atoms with Crippen LogP contribution in [0, 0.1) is 13.8 Å². The van der Waals surface area contributed by atoms with E-state index in [1.54, 1.807) is 12.4 Å². The molecule has 1 saturated heterocycles. The minimum atomic E-state index is -0.196. The first kappa shape index (κ1) is 21.9. The SMILES string of the molecule is Cc1cc2c(N)nccc2cc1CNC(=O)c1cn(Cc2ccc(N3CCCC3)nc2)c(C)n1. The number of aromatic nitrogens is 4. The van der Waals surface area contributed by atoms with Gasteiger partial charge in [0.1, 0.15) is 23.2 Å². The van der Waals surface area contributed by atoms with E-state index < -0.39 is 0 Å². The number of anilines is 2. The Hall–Kier alpha value is -3.94. The number of nitrogens with zero attached hydrogens (tertiary/aromatic N) is 5. The Morgan fingerprint density at radius 3 is 2.71 bits per heavy atom. The van der Waals surface area contributed by atoms with Crippen molar-refractivity contribution >= 4 is 28.3 Å². The number of amides is 1. The molecule has 3 aromatic heterocycles. The summed E-state index contributed by atoms with van der Waals surface area (Å²) < 4.78 is 1.98. The largest absolute Gasteiger partial charge is 0.383 e. The predicted octanol–water partition coefficient (Wildman–Crippen LogP) is 3.60. The highest BCUT2D eigenvalue weighted by molar-refractivity contribution is 5.93. The molecular formula is C26H29N7O. The van der Waals surface area contributed by atoms with Crippen LogP contribution >= 0.6 is 0 Å². The van der Waals surface area contributed by atoms with E-state index in [2.05, 4.69) is 37.3 Å². The van der Waals surface area contributed by atoms with Crippen LogP contribution in [-0.2, 0) is 13.1 Å². The lowest BCUT2D eigenvalue weighted by Crippen LogP contribution is -2.23. The highest BCUT2D eigenvalue weighted by atomic mass is 16.1. The number of fused-ring (bicyclic) bond motifs is 1. The fourth-order valence-electron chi connectivity index (χ4n) is 4.47. The maximum Gasteiger partial charge on any atom is 0.271 e. The molecule has 1 aliphatic rings. The van der Waals surface area contributed by atoms with Gasteiger partial charge in [0.05, 0.1) is 6.54 Å². The Bertz CT molecular complexity index is 1340. The van der Waals surface area contributed by atoms with Gasteiger partial charge in [-0.15, -0.1) is 0 Å². The van der Waals surface area contributed by atoms with Crippen LogP contribution in [0.15, 0.2) is 48.9 Å². The minimum absolute atomic E-state index is 0.196. The van der Waals surface area contributed by atoms with E-state index in [-0.39, 0.29) is 5.91 Å². The molecule has 0 saturated carbocycles. The first-order valence-electron chi connectivity index (χ1n) is 11.6. The molecule has 1 amide bonds. The van der Waals surface area contributed by atoms with Crippen LogP contribution in [0.3, 0.4) is 0 Å². The lowest BCUT2D eigenvalue weighted by Gasteiger charge is -2.16. The van der Waals surface area contributed by atoms with Gasteiger partial charge in [-0.2, -0.15) is 0 Å². The highest BCUT2D eigenvalue weighted by Gasteiger charge is 2.15. The molecule has 0 atom stereocenters. The molecule has 34 heavy (non-hydrogen) atoms. The first-order valence-corrected chi connectivity index (χ1v) is 11.6.